The fourth-order valence-corrected chi connectivity index (χ4v) is 2.50. The van der Waals surface area contributed by atoms with Crippen molar-refractivity contribution in [1.82, 2.24) is 10.2 Å². The molecule has 2 fully saturated rings. The van der Waals surface area contributed by atoms with Crippen LogP contribution in [0.5, 0.6) is 0 Å². The lowest BCUT2D eigenvalue weighted by molar-refractivity contribution is -0.128. The normalized spacial score (nSPS) is 23.7. The van der Waals surface area contributed by atoms with Crippen molar-refractivity contribution < 1.29 is 9.18 Å². The van der Waals surface area contributed by atoms with Crippen molar-refractivity contribution in [3.05, 3.63) is 35.6 Å². The van der Waals surface area contributed by atoms with Crippen LogP contribution < -0.4 is 5.32 Å². The lowest BCUT2D eigenvalue weighted by Gasteiger charge is -2.24. The fraction of sp³-hybridized carbons (Fsp3) is 0.500. The highest BCUT2D eigenvalue weighted by molar-refractivity contribution is 5.80. The van der Waals surface area contributed by atoms with E-state index >= 15 is 0 Å². The summed E-state index contributed by atoms with van der Waals surface area (Å²) in [4.78, 5) is 13.7. The van der Waals surface area contributed by atoms with E-state index in [0.717, 1.165) is 24.4 Å². The summed E-state index contributed by atoms with van der Waals surface area (Å²) in [7, 11) is 0. The molecule has 3 nitrogen and oxygen atoms in total. The van der Waals surface area contributed by atoms with Crippen LogP contribution in [0, 0.1) is 11.7 Å². The van der Waals surface area contributed by atoms with Crippen LogP contribution in [0.25, 0.3) is 0 Å². The van der Waals surface area contributed by atoms with Gasteiger partial charge in [-0.3, -0.25) is 10.1 Å². The van der Waals surface area contributed by atoms with Crippen molar-refractivity contribution in [1.29, 1.82) is 0 Å². The second kappa shape index (κ2) is 4.69. The fourth-order valence-electron chi connectivity index (χ4n) is 2.50. The van der Waals surface area contributed by atoms with Crippen molar-refractivity contribution in [2.75, 3.05) is 13.1 Å². The lowest BCUT2D eigenvalue weighted by atomic mass is 10.1. The Balaban J connectivity index is 1.74. The van der Waals surface area contributed by atoms with Crippen molar-refractivity contribution >= 4 is 5.91 Å². The van der Waals surface area contributed by atoms with E-state index in [1.54, 1.807) is 6.07 Å². The van der Waals surface area contributed by atoms with Gasteiger partial charge in [-0.15, -0.1) is 0 Å². The van der Waals surface area contributed by atoms with Crippen LogP contribution in [0.3, 0.4) is 0 Å². The summed E-state index contributed by atoms with van der Waals surface area (Å²) in [6.07, 6.45) is 3.49. The highest BCUT2D eigenvalue weighted by atomic mass is 19.1. The number of carbonyl (C=O) groups excluding carboxylic acids is 1. The van der Waals surface area contributed by atoms with Gasteiger partial charge in [-0.1, -0.05) is 25.0 Å². The van der Waals surface area contributed by atoms with Crippen LogP contribution in [0.2, 0.25) is 0 Å². The second-order valence-electron chi connectivity index (χ2n) is 5.16. The van der Waals surface area contributed by atoms with Crippen LogP contribution in [0.15, 0.2) is 24.3 Å². The van der Waals surface area contributed by atoms with E-state index in [0.29, 0.717) is 6.54 Å². The minimum absolute atomic E-state index is 0.116. The molecule has 1 saturated heterocycles. The molecule has 0 radical (unpaired) electrons. The van der Waals surface area contributed by atoms with E-state index < -0.39 is 0 Å². The van der Waals surface area contributed by atoms with Crippen LogP contribution >= 0.6 is 0 Å². The molecule has 0 aromatic heterocycles. The average Bonchev–Trinajstić information content (AvgIpc) is 3.11. The van der Waals surface area contributed by atoms with Crippen LogP contribution in [0.1, 0.15) is 31.0 Å². The number of nitrogens with one attached hydrogen (secondary N) is 1. The first kappa shape index (κ1) is 11.7. The smallest absolute Gasteiger partial charge is 0.238 e. The van der Waals surface area contributed by atoms with Crippen LogP contribution in [0.4, 0.5) is 4.39 Å². The Morgan fingerprint density at radius 2 is 2.22 bits per heavy atom. The third kappa shape index (κ3) is 2.38. The molecule has 1 N–H and O–H groups in total. The van der Waals surface area contributed by atoms with Gasteiger partial charge >= 0.3 is 0 Å². The number of hydrogen-bond acceptors (Lipinski definition) is 2. The summed E-state index contributed by atoms with van der Waals surface area (Å²) in [5.41, 5.74) is 0.830. The van der Waals surface area contributed by atoms with Crippen molar-refractivity contribution in [3.63, 3.8) is 0 Å². The van der Waals surface area contributed by atoms with Gasteiger partial charge in [0.1, 0.15) is 12.0 Å². The molecule has 1 unspecified atom stereocenters. The number of carbonyl (C=O) groups is 1. The van der Waals surface area contributed by atoms with E-state index in [1.165, 1.54) is 25.0 Å². The summed E-state index contributed by atoms with van der Waals surface area (Å²) in [6, 6.07) is 6.48. The number of amides is 1. The molecule has 1 aromatic rings. The van der Waals surface area contributed by atoms with Gasteiger partial charge in [0, 0.05) is 6.54 Å². The number of rotatable bonds is 4. The highest BCUT2D eigenvalue weighted by Crippen LogP contribution is 2.34. The maximum Gasteiger partial charge on any atom is 0.238 e. The summed E-state index contributed by atoms with van der Waals surface area (Å²) in [6.45, 7) is 1.13. The van der Waals surface area contributed by atoms with Gasteiger partial charge in [0.25, 0.3) is 0 Å². The number of nitrogens with zero attached hydrogens (tertiary/aromatic N) is 1. The van der Waals surface area contributed by atoms with E-state index in [-0.39, 0.29) is 17.9 Å². The predicted molar refractivity (Wildman–Crippen MR) is 66.2 cm³/mol. The summed E-state index contributed by atoms with van der Waals surface area (Å²) in [5.74, 6) is 0.660. The first-order valence-electron chi connectivity index (χ1n) is 6.52. The predicted octanol–water partition coefficient (Wildman–Crippen LogP) is 2.06. The largest absolute Gasteiger partial charge is 0.322 e. The molecule has 1 aromatic carbocycles. The Hall–Kier alpha value is -1.42. The molecular formula is C14H17FN2O. The first-order chi connectivity index (χ1) is 8.74. The second-order valence-corrected chi connectivity index (χ2v) is 5.16. The minimum atomic E-state index is -0.254. The number of halogens is 1. The molecule has 18 heavy (non-hydrogen) atoms. The first-order valence-corrected chi connectivity index (χ1v) is 6.52. The topological polar surface area (TPSA) is 32.3 Å². The molecule has 1 atom stereocenters. The third-order valence-corrected chi connectivity index (χ3v) is 3.72. The SMILES string of the molecule is O=C1CNC(c2cccc(F)c2)N1CCC1CC1. The lowest BCUT2D eigenvalue weighted by Crippen LogP contribution is -2.31. The molecule has 4 heteroatoms. The Morgan fingerprint density at radius 1 is 1.39 bits per heavy atom. The molecule has 0 spiro atoms. The Kier molecular flexibility index (Phi) is 3.04. The molecule has 3 rings (SSSR count). The minimum Gasteiger partial charge on any atom is -0.322 e. The quantitative estimate of drug-likeness (QED) is 0.884. The molecule has 1 aliphatic heterocycles. The van der Waals surface area contributed by atoms with Crippen LogP contribution in [-0.2, 0) is 4.79 Å². The van der Waals surface area contributed by atoms with E-state index in [9.17, 15) is 9.18 Å². The molecule has 1 aliphatic carbocycles. The molecule has 2 aliphatic rings. The summed E-state index contributed by atoms with van der Waals surface area (Å²) < 4.78 is 13.2. The molecule has 1 heterocycles. The zero-order valence-corrected chi connectivity index (χ0v) is 10.2. The van der Waals surface area contributed by atoms with Gasteiger partial charge in [-0.2, -0.15) is 0 Å². The van der Waals surface area contributed by atoms with E-state index in [1.807, 2.05) is 11.0 Å². The monoisotopic (exact) mass is 248 g/mol. The third-order valence-electron chi connectivity index (χ3n) is 3.72. The van der Waals surface area contributed by atoms with Gasteiger partial charge in [0.15, 0.2) is 0 Å². The standard InChI is InChI=1S/C14H17FN2O/c15-12-3-1-2-11(8-12)14-16-9-13(18)17(14)7-6-10-4-5-10/h1-3,8,10,14,16H,4-7,9H2. The Bertz CT molecular complexity index is 459. The number of benzene rings is 1. The Morgan fingerprint density at radius 3 is 2.94 bits per heavy atom. The number of hydrogen-bond donors (Lipinski definition) is 1. The molecule has 0 bridgehead atoms. The molecule has 1 amide bonds. The summed E-state index contributed by atoms with van der Waals surface area (Å²) in [5, 5.41) is 3.15. The van der Waals surface area contributed by atoms with Gasteiger partial charge in [0.05, 0.1) is 6.54 Å². The van der Waals surface area contributed by atoms with Crippen molar-refractivity contribution in [3.8, 4) is 0 Å². The zero-order chi connectivity index (χ0) is 12.5. The average molecular weight is 248 g/mol. The van der Waals surface area contributed by atoms with Gasteiger partial charge < -0.3 is 4.90 Å². The maximum absolute atomic E-state index is 13.2. The van der Waals surface area contributed by atoms with E-state index in [2.05, 4.69) is 5.32 Å². The van der Waals surface area contributed by atoms with Crippen molar-refractivity contribution in [2.45, 2.75) is 25.4 Å². The summed E-state index contributed by atoms with van der Waals surface area (Å²) >= 11 is 0. The van der Waals surface area contributed by atoms with Gasteiger partial charge in [0.2, 0.25) is 5.91 Å². The molecule has 1 saturated carbocycles. The van der Waals surface area contributed by atoms with E-state index in [4.69, 9.17) is 0 Å². The van der Waals surface area contributed by atoms with Crippen LogP contribution in [-0.4, -0.2) is 23.9 Å². The van der Waals surface area contributed by atoms with Crippen molar-refractivity contribution in [2.24, 2.45) is 5.92 Å². The maximum atomic E-state index is 13.2. The van der Waals surface area contributed by atoms with Gasteiger partial charge in [-0.05, 0) is 30.0 Å². The molecular weight excluding hydrogens is 231 g/mol. The highest BCUT2D eigenvalue weighted by Gasteiger charge is 2.33. The van der Waals surface area contributed by atoms with Gasteiger partial charge in [-0.25, -0.2) is 4.39 Å². The molecule has 96 valence electrons. The Labute approximate surface area is 106 Å². The zero-order valence-electron chi connectivity index (χ0n) is 10.2.